The van der Waals surface area contributed by atoms with E-state index < -0.39 is 0 Å². The van der Waals surface area contributed by atoms with E-state index in [4.69, 9.17) is 4.42 Å². The first-order chi connectivity index (χ1) is 19.2. The Kier molecular flexibility index (Phi) is 9.17. The van der Waals surface area contributed by atoms with Crippen molar-refractivity contribution in [1.29, 1.82) is 0 Å². The third-order valence-corrected chi connectivity index (χ3v) is 7.72. The molecule has 0 spiro atoms. The number of carbonyl (C=O) groups is 1. The van der Waals surface area contributed by atoms with Crippen LogP contribution < -0.4 is 0 Å². The van der Waals surface area contributed by atoms with Gasteiger partial charge in [-0.2, -0.15) is 0 Å². The van der Waals surface area contributed by atoms with Crippen LogP contribution in [0.15, 0.2) is 90.3 Å². The van der Waals surface area contributed by atoms with Gasteiger partial charge in [-0.25, -0.2) is 9.97 Å². The first-order valence-corrected chi connectivity index (χ1v) is 14.2. The number of unbranched alkanes of at least 4 members (excludes halogenated alkanes) is 2. The average molecular weight is 523 g/mol. The smallest absolute Gasteiger partial charge is 0.254 e. The molecular formula is C33H38N4O2. The van der Waals surface area contributed by atoms with Crippen LogP contribution >= 0.6 is 0 Å². The van der Waals surface area contributed by atoms with Gasteiger partial charge in [0.25, 0.3) is 5.91 Å². The van der Waals surface area contributed by atoms with Crippen LogP contribution in [0.3, 0.4) is 0 Å². The number of aryl methyl sites for hydroxylation is 1. The van der Waals surface area contributed by atoms with Gasteiger partial charge >= 0.3 is 0 Å². The summed E-state index contributed by atoms with van der Waals surface area (Å²) < 4.78 is 5.25. The van der Waals surface area contributed by atoms with Crippen molar-refractivity contribution >= 4 is 5.91 Å². The summed E-state index contributed by atoms with van der Waals surface area (Å²) in [6.07, 6.45) is 15.4. The normalized spacial score (nSPS) is 14.4. The first-order valence-electron chi connectivity index (χ1n) is 14.2. The number of benzene rings is 2. The topological polar surface area (TPSA) is 62.5 Å². The van der Waals surface area contributed by atoms with Crippen LogP contribution in [0.4, 0.5) is 0 Å². The van der Waals surface area contributed by atoms with E-state index in [9.17, 15) is 4.79 Å². The highest BCUT2D eigenvalue weighted by molar-refractivity contribution is 5.94. The maximum absolute atomic E-state index is 13.9. The molecule has 1 amide bonds. The molecule has 1 fully saturated rings. The standard InChI is InChI=1S/C33H38N4O2/c1-2-3-4-5-26-6-12-30(13-7-26)33(38)37(32-14-17-36(18-15-32)22-28-16-19-39-24-28)23-27-8-10-29(11-9-27)31-20-34-25-35-21-31/h6-13,16,19-21,24-25,32H,2-5,14-15,17-18,22-23H2,1H3. The number of furan rings is 1. The molecule has 1 aliphatic heterocycles. The minimum absolute atomic E-state index is 0.115. The number of hydrogen-bond donors (Lipinski definition) is 0. The monoisotopic (exact) mass is 522 g/mol. The lowest BCUT2D eigenvalue weighted by Gasteiger charge is -2.38. The number of hydrogen-bond acceptors (Lipinski definition) is 5. The van der Waals surface area contributed by atoms with E-state index in [1.54, 1.807) is 12.6 Å². The fourth-order valence-electron chi connectivity index (χ4n) is 5.40. The summed E-state index contributed by atoms with van der Waals surface area (Å²) in [5.74, 6) is 0.115. The summed E-state index contributed by atoms with van der Waals surface area (Å²) in [5.41, 5.74) is 6.46. The summed E-state index contributed by atoms with van der Waals surface area (Å²) in [5, 5.41) is 0. The molecule has 2 aromatic carbocycles. The SMILES string of the molecule is CCCCCc1ccc(C(=O)N(Cc2ccc(-c3cncnc3)cc2)C2CCN(Cc3ccoc3)CC2)cc1. The molecule has 0 atom stereocenters. The zero-order chi connectivity index (χ0) is 26.9. The minimum Gasteiger partial charge on any atom is -0.472 e. The molecule has 5 rings (SSSR count). The molecule has 0 unspecified atom stereocenters. The van der Waals surface area contributed by atoms with Gasteiger partial charge in [-0.3, -0.25) is 9.69 Å². The lowest BCUT2D eigenvalue weighted by Crippen LogP contribution is -2.46. The second-order valence-electron chi connectivity index (χ2n) is 10.6. The third-order valence-electron chi connectivity index (χ3n) is 7.72. The van der Waals surface area contributed by atoms with Gasteiger partial charge in [-0.1, -0.05) is 56.2 Å². The molecule has 1 aliphatic rings. The minimum atomic E-state index is 0.115. The Bertz CT molecular complexity index is 1280. The highest BCUT2D eigenvalue weighted by Crippen LogP contribution is 2.25. The molecule has 39 heavy (non-hydrogen) atoms. The van der Waals surface area contributed by atoms with E-state index in [0.29, 0.717) is 6.54 Å². The van der Waals surface area contributed by atoms with Gasteiger partial charge in [0.05, 0.1) is 12.5 Å². The molecule has 6 heteroatoms. The van der Waals surface area contributed by atoms with E-state index in [2.05, 4.69) is 63.1 Å². The maximum Gasteiger partial charge on any atom is 0.254 e. The lowest BCUT2D eigenvalue weighted by molar-refractivity contribution is 0.0542. The van der Waals surface area contributed by atoms with Crippen LogP contribution in [0.1, 0.15) is 66.1 Å². The average Bonchev–Trinajstić information content (AvgIpc) is 3.50. The van der Waals surface area contributed by atoms with Crippen molar-refractivity contribution in [2.45, 2.75) is 64.6 Å². The molecule has 0 bridgehead atoms. The van der Waals surface area contributed by atoms with Gasteiger partial charge in [0, 0.05) is 61.3 Å². The van der Waals surface area contributed by atoms with Crippen LogP contribution in [0, 0.1) is 0 Å². The van der Waals surface area contributed by atoms with Crippen molar-refractivity contribution in [2.24, 2.45) is 0 Å². The van der Waals surface area contributed by atoms with Crippen molar-refractivity contribution in [3.05, 3.63) is 108 Å². The summed E-state index contributed by atoms with van der Waals surface area (Å²) >= 11 is 0. The molecule has 0 N–H and O–H groups in total. The number of amides is 1. The summed E-state index contributed by atoms with van der Waals surface area (Å²) in [6, 6.07) is 18.9. The summed E-state index contributed by atoms with van der Waals surface area (Å²) in [4.78, 5) is 26.7. The molecule has 1 saturated heterocycles. The van der Waals surface area contributed by atoms with Gasteiger partial charge in [-0.15, -0.1) is 0 Å². The van der Waals surface area contributed by atoms with Gasteiger partial charge in [0.2, 0.25) is 0 Å². The molecule has 4 aromatic rings. The van der Waals surface area contributed by atoms with Gasteiger partial charge in [0.1, 0.15) is 6.33 Å². The van der Waals surface area contributed by atoms with E-state index in [-0.39, 0.29) is 11.9 Å². The fourth-order valence-corrected chi connectivity index (χ4v) is 5.40. The largest absolute Gasteiger partial charge is 0.472 e. The molecule has 3 heterocycles. The molecule has 202 valence electrons. The van der Waals surface area contributed by atoms with E-state index >= 15 is 0 Å². The lowest BCUT2D eigenvalue weighted by atomic mass is 9.99. The van der Waals surface area contributed by atoms with Crippen LogP contribution in [0.2, 0.25) is 0 Å². The third kappa shape index (κ3) is 7.21. The number of likely N-dealkylation sites (tertiary alicyclic amines) is 1. The fraction of sp³-hybridized carbons (Fsp3) is 0.364. The Labute approximate surface area is 231 Å². The second kappa shape index (κ2) is 13.3. The number of carbonyl (C=O) groups excluding carboxylic acids is 1. The van der Waals surface area contributed by atoms with Crippen molar-refractivity contribution in [2.75, 3.05) is 13.1 Å². The molecule has 0 radical (unpaired) electrons. The zero-order valence-corrected chi connectivity index (χ0v) is 22.8. The molecule has 2 aromatic heterocycles. The van der Waals surface area contributed by atoms with E-state index in [1.807, 2.05) is 36.9 Å². The van der Waals surface area contributed by atoms with Gasteiger partial charge < -0.3 is 9.32 Å². The Morgan fingerprint density at radius 1 is 0.897 bits per heavy atom. The Hall–Kier alpha value is -3.77. The predicted octanol–water partition coefficient (Wildman–Crippen LogP) is 6.78. The van der Waals surface area contributed by atoms with Gasteiger partial charge in [-0.05, 0) is 60.6 Å². The predicted molar refractivity (Wildman–Crippen MR) is 154 cm³/mol. The number of nitrogens with zero attached hydrogens (tertiary/aromatic N) is 4. The number of piperidine rings is 1. The quantitative estimate of drug-likeness (QED) is 0.203. The summed E-state index contributed by atoms with van der Waals surface area (Å²) in [7, 11) is 0. The molecular weight excluding hydrogens is 484 g/mol. The van der Waals surface area contributed by atoms with Crippen LogP contribution in [-0.2, 0) is 19.5 Å². The molecule has 0 aliphatic carbocycles. The van der Waals surface area contributed by atoms with E-state index in [0.717, 1.165) is 61.2 Å². The highest BCUT2D eigenvalue weighted by Gasteiger charge is 2.29. The van der Waals surface area contributed by atoms with Crippen LogP contribution in [-0.4, -0.2) is 44.8 Å². The first kappa shape index (κ1) is 26.8. The maximum atomic E-state index is 13.9. The number of aromatic nitrogens is 2. The second-order valence-corrected chi connectivity index (χ2v) is 10.6. The highest BCUT2D eigenvalue weighted by atomic mass is 16.3. The Balaban J connectivity index is 1.30. The van der Waals surface area contributed by atoms with Crippen molar-refractivity contribution in [3.8, 4) is 11.1 Å². The Morgan fingerprint density at radius 2 is 1.62 bits per heavy atom. The van der Waals surface area contributed by atoms with Crippen LogP contribution in [0.5, 0.6) is 0 Å². The van der Waals surface area contributed by atoms with Gasteiger partial charge in [0.15, 0.2) is 0 Å². The molecule has 6 nitrogen and oxygen atoms in total. The van der Waals surface area contributed by atoms with Crippen LogP contribution in [0.25, 0.3) is 11.1 Å². The van der Waals surface area contributed by atoms with Crippen molar-refractivity contribution in [3.63, 3.8) is 0 Å². The van der Waals surface area contributed by atoms with Crippen molar-refractivity contribution < 1.29 is 9.21 Å². The van der Waals surface area contributed by atoms with E-state index in [1.165, 1.54) is 30.4 Å². The Morgan fingerprint density at radius 3 is 2.28 bits per heavy atom. The zero-order valence-electron chi connectivity index (χ0n) is 22.8. The number of rotatable bonds is 11. The molecule has 0 saturated carbocycles. The summed E-state index contributed by atoms with van der Waals surface area (Å²) in [6.45, 7) is 5.63. The van der Waals surface area contributed by atoms with Crippen molar-refractivity contribution in [1.82, 2.24) is 19.8 Å².